The number of methoxy groups -OCH3 is 2. The van der Waals surface area contributed by atoms with Crippen LogP contribution in [0.25, 0.3) is 10.4 Å². The largest absolute Gasteiger partial charge is 0.454 e. The van der Waals surface area contributed by atoms with Gasteiger partial charge in [0.05, 0.1) is 118 Å². The van der Waals surface area contributed by atoms with E-state index < -0.39 is 269 Å². The number of aliphatic hydroxyl groups is 8. The van der Waals surface area contributed by atoms with E-state index in [1.165, 1.54) is 55.8 Å². The number of aliphatic hydroxyl groups excluding tert-OH is 7. The van der Waals surface area contributed by atoms with Gasteiger partial charge in [0.1, 0.15) is 122 Å². The van der Waals surface area contributed by atoms with Crippen molar-refractivity contribution in [2.24, 2.45) is 5.11 Å². The second-order valence-corrected chi connectivity index (χ2v) is 36.0. The van der Waals surface area contributed by atoms with E-state index >= 15 is 0 Å². The Hall–Kier alpha value is -7.34. The molecule has 0 radical (unpaired) electrons. The van der Waals surface area contributed by atoms with Gasteiger partial charge < -0.3 is 155 Å². The molecule has 5 aromatic rings. The predicted molar refractivity (Wildman–Crippen MR) is 471 cm³/mol. The van der Waals surface area contributed by atoms with Crippen LogP contribution < -0.4 is 5.32 Å². The number of esters is 2. The van der Waals surface area contributed by atoms with E-state index in [4.69, 9.17) is 109 Å². The van der Waals surface area contributed by atoms with Crippen molar-refractivity contribution in [1.82, 2.24) is 5.32 Å². The minimum Gasteiger partial charge on any atom is -0.454 e. The Bertz CT molecular complexity index is 4430. The summed E-state index contributed by atoms with van der Waals surface area (Å²) in [7, 11) is 2.75. The van der Waals surface area contributed by atoms with Crippen LogP contribution in [-0.2, 0) is 156 Å². The summed E-state index contributed by atoms with van der Waals surface area (Å²) < 4.78 is 147. The van der Waals surface area contributed by atoms with Gasteiger partial charge in [-0.05, 0) is 116 Å². The number of nitrogens with one attached hydrogen (secondary N) is 1. The van der Waals surface area contributed by atoms with Crippen LogP contribution in [0.15, 0.2) is 157 Å². The highest BCUT2D eigenvalue weighted by Crippen LogP contribution is 2.43. The van der Waals surface area contributed by atoms with Crippen molar-refractivity contribution >= 4 is 17.8 Å². The molecular weight excluding hydrogens is 1750 g/mol. The minimum absolute atomic E-state index is 0.0923. The molecule has 0 aromatic heterocycles. The molecule has 9 N–H and O–H groups in total. The van der Waals surface area contributed by atoms with Gasteiger partial charge >= 0.3 is 11.9 Å². The molecule has 40 atom stereocenters. The maximum atomic E-state index is 13.6. The molecule has 38 heteroatoms. The number of amides is 1. The maximum absolute atomic E-state index is 13.6. The lowest BCUT2D eigenvalue weighted by Gasteiger charge is -2.51. The van der Waals surface area contributed by atoms with Crippen LogP contribution in [0.4, 0.5) is 0 Å². The highest BCUT2D eigenvalue weighted by molar-refractivity contribution is 5.77. The molecule has 0 saturated carbocycles. The molecule has 5 aromatic carbocycles. The Morgan fingerprint density at radius 3 is 1.04 bits per heavy atom. The number of carbonyl (C=O) groups is 3. The lowest BCUT2D eigenvalue weighted by Crippen LogP contribution is -2.68. The fraction of sp³-hybridized carbons (Fsp3) is 0.656. The molecule has 1 amide bonds. The van der Waals surface area contributed by atoms with Gasteiger partial charge in [-0.2, -0.15) is 0 Å². The Morgan fingerprint density at radius 1 is 0.336 bits per heavy atom. The zero-order valence-corrected chi connectivity index (χ0v) is 78.3. The van der Waals surface area contributed by atoms with Crippen LogP contribution in [-0.4, -0.2) is 324 Å². The Kier molecular flexibility index (Phi) is 38.6. The Morgan fingerprint density at radius 2 is 0.642 bits per heavy atom. The van der Waals surface area contributed by atoms with Gasteiger partial charge in [-0.3, -0.25) is 14.4 Å². The second-order valence-electron chi connectivity index (χ2n) is 36.0. The fourth-order valence-corrected chi connectivity index (χ4v) is 18.1. The van der Waals surface area contributed by atoms with Gasteiger partial charge in [-0.15, -0.1) is 0 Å². The van der Waals surface area contributed by atoms with Crippen LogP contribution in [0.5, 0.6) is 0 Å². The van der Waals surface area contributed by atoms with Crippen molar-refractivity contribution < 1.29 is 164 Å². The first-order chi connectivity index (χ1) is 64.0. The van der Waals surface area contributed by atoms with Crippen molar-refractivity contribution in [3.05, 3.63) is 190 Å². The smallest absolute Gasteiger partial charge is 0.303 e. The third-order valence-corrected chi connectivity index (χ3v) is 25.1. The number of ether oxygens (including phenoxy) is 23. The molecule has 8 heterocycles. The van der Waals surface area contributed by atoms with Crippen LogP contribution in [0, 0.1) is 0 Å². The molecule has 0 bridgehead atoms. The van der Waals surface area contributed by atoms with E-state index in [9.17, 15) is 60.8 Å². The summed E-state index contributed by atoms with van der Waals surface area (Å²) >= 11 is 0. The van der Waals surface area contributed by atoms with Crippen molar-refractivity contribution in [2.75, 3.05) is 14.2 Å². The first-order valence-corrected chi connectivity index (χ1v) is 45.7. The monoisotopic (exact) mass is 1890 g/mol. The standard InChI is InChI=1S/C65H79N3O17.C31H55NO17/c1-39-51(67-68-66)56(75-37-49-30-20-12-21-31-49)60(71-8)63(78-39)84-58-53(73-35-47-26-16-10-17-27-47)42(4)80-65(62(58)82-45(7)70)85-59-54(74-36-48-28-18-11-19-29-48)41(3)79-64(61(59)81-44(6)69)83-55-43(5)77-40(2)52(72-34-46-24-14-9-15-25-46)57(55)76-38-50-32-22-13-23-33-50;1-10-16(32-15(33)9-31(6,7)41)20(37)27(42-8)30(44-10)49-26-19(36)13(4)46-29(23(26)40)48-25-18(35)12(3)45-28(22(25)39)47-24-14(5)43-11(2)17(34)21(24)38/h9-33,39-43,51-65H,34-38H2,1-8H3;10-14,16-30,34-41H,9H2,1-8H3,(H,32,33)/t39?,40?,41?,42?,43-,51+,52-,53-,54-,55?,56-,57-,58-,59-,60?,61?,62?,63-,64-,65-;10?,11?,12?,13?,14-,16+,17-,18-,19-,20-,21-,22?,23?,24?,25-,26-,27?,28-,29-,30-/m00/s1. The summed E-state index contributed by atoms with van der Waals surface area (Å²) in [5.74, 6) is -1.92. The van der Waals surface area contributed by atoms with E-state index in [-0.39, 0.29) is 39.5 Å². The van der Waals surface area contributed by atoms with E-state index in [1.54, 1.807) is 34.6 Å². The summed E-state index contributed by atoms with van der Waals surface area (Å²) in [6.45, 7) is 23.2. The maximum Gasteiger partial charge on any atom is 0.303 e. The van der Waals surface area contributed by atoms with Crippen LogP contribution in [0.1, 0.15) is 131 Å². The summed E-state index contributed by atoms with van der Waals surface area (Å²) in [5.41, 5.74) is 12.9. The minimum atomic E-state index is -1.74. The summed E-state index contributed by atoms with van der Waals surface area (Å²) in [6.07, 6.45) is -43.6. The molecule has 742 valence electrons. The highest BCUT2D eigenvalue weighted by Gasteiger charge is 2.60. The summed E-state index contributed by atoms with van der Waals surface area (Å²) in [6, 6.07) is 46.4. The average molecular weight is 1890 g/mol. The number of nitrogens with zero attached hydrogens (tertiary/aromatic N) is 3. The zero-order chi connectivity index (χ0) is 96.5. The first-order valence-electron chi connectivity index (χ1n) is 45.7. The van der Waals surface area contributed by atoms with Crippen molar-refractivity contribution in [3.8, 4) is 0 Å². The molecule has 134 heavy (non-hydrogen) atoms. The van der Waals surface area contributed by atoms with E-state index in [0.717, 1.165) is 27.8 Å². The quantitative estimate of drug-likeness (QED) is 0.00966. The third-order valence-electron chi connectivity index (χ3n) is 25.1. The SMILES string of the molecule is COC1[C@H](O[C@@H]2C(O)[C@H](O[C@@H]3C(O)[C@H](OC4[C@H](C)OC(C)[C@H](O)[C@@H]4O)OC(C)[C@@H]3O)OC(C)[C@@H]2O)OC(C)[C@@H](NC(=O)CC(C)(C)O)[C@@H]1O.COC1[C@H](O[C@@H]2C(OC(C)=O)[C@H](O[C@@H]3C(OC(C)=O)[C@H](OC4[C@H](C)OC(C)[C@H](OCc5ccccc5)[C@@H]4OCc4ccccc4)OC(C)[C@@H]3OCc3ccccc3)OC(C)[C@@H]2OCc2ccccc2)OC(C)[C@@H](N=[N+]=[N-])[C@@H]1OCc1ccccc1. The van der Waals surface area contributed by atoms with Crippen molar-refractivity contribution in [2.45, 2.75) is 387 Å². The van der Waals surface area contributed by atoms with Gasteiger partial charge in [-0.1, -0.05) is 157 Å². The van der Waals surface area contributed by atoms with Crippen LogP contribution in [0.2, 0.25) is 0 Å². The van der Waals surface area contributed by atoms with Gasteiger partial charge in [0, 0.05) is 33.0 Å². The van der Waals surface area contributed by atoms with Crippen molar-refractivity contribution in [3.63, 3.8) is 0 Å². The van der Waals surface area contributed by atoms with Gasteiger partial charge in [0.15, 0.2) is 49.9 Å². The lowest BCUT2D eigenvalue weighted by atomic mass is 9.94. The number of carbonyl (C=O) groups excluding carboxylic acids is 3. The second kappa shape index (κ2) is 49.0. The number of hydrogen-bond acceptors (Lipinski definition) is 35. The molecule has 13 rings (SSSR count). The Balaban J connectivity index is 0.000000280. The fourth-order valence-electron chi connectivity index (χ4n) is 18.1. The molecule has 38 nitrogen and oxygen atoms in total. The number of hydrogen-bond donors (Lipinski definition) is 9. The first kappa shape index (κ1) is 106. The Labute approximate surface area is 780 Å². The van der Waals surface area contributed by atoms with E-state index in [1.807, 2.05) is 172 Å². The van der Waals surface area contributed by atoms with Crippen molar-refractivity contribution in [1.29, 1.82) is 0 Å². The van der Waals surface area contributed by atoms with E-state index in [0.29, 0.717) is 0 Å². The van der Waals surface area contributed by atoms with E-state index in [2.05, 4.69) is 15.3 Å². The van der Waals surface area contributed by atoms with Gasteiger partial charge in [0.2, 0.25) is 5.91 Å². The molecule has 8 fully saturated rings. The number of azide groups is 1. The number of benzene rings is 5. The average Bonchev–Trinajstić information content (AvgIpc) is 0.769. The topological polar surface area (TPSA) is 486 Å². The third kappa shape index (κ3) is 27.0. The number of rotatable bonds is 35. The molecule has 0 spiro atoms. The molecular formula is C96H134N4O34. The molecule has 8 aliphatic heterocycles. The molecule has 8 aliphatic rings. The van der Waals surface area contributed by atoms with Crippen LogP contribution in [0.3, 0.4) is 0 Å². The molecule has 8 saturated heterocycles. The van der Waals surface area contributed by atoms with Crippen LogP contribution >= 0.6 is 0 Å². The van der Waals surface area contributed by atoms with Gasteiger partial charge in [0.25, 0.3) is 0 Å². The summed E-state index contributed by atoms with van der Waals surface area (Å²) in [4.78, 5) is 42.9. The zero-order valence-electron chi connectivity index (χ0n) is 78.3. The highest BCUT2D eigenvalue weighted by atomic mass is 16.8. The molecule has 16 unspecified atom stereocenters. The van der Waals surface area contributed by atoms with Gasteiger partial charge in [-0.25, -0.2) is 0 Å². The predicted octanol–water partition coefficient (Wildman–Crippen LogP) is 6.04. The summed E-state index contributed by atoms with van der Waals surface area (Å²) in [5, 5.41) is 93.3. The molecule has 0 aliphatic carbocycles. The normalized spacial score (nSPS) is 39.2. The lowest BCUT2D eigenvalue weighted by molar-refractivity contribution is -0.386.